The van der Waals surface area contributed by atoms with E-state index in [9.17, 15) is 14.0 Å². The van der Waals surface area contributed by atoms with Crippen LogP contribution in [0, 0.1) is 11.7 Å². The summed E-state index contributed by atoms with van der Waals surface area (Å²) in [6, 6.07) is 7.09. The van der Waals surface area contributed by atoms with Gasteiger partial charge in [-0.1, -0.05) is 19.3 Å². The number of halogens is 1. The summed E-state index contributed by atoms with van der Waals surface area (Å²) in [5.41, 5.74) is 0.656. The van der Waals surface area contributed by atoms with Crippen LogP contribution in [0.25, 0.3) is 0 Å². The summed E-state index contributed by atoms with van der Waals surface area (Å²) in [6.45, 7) is 0. The van der Waals surface area contributed by atoms with Gasteiger partial charge >= 0.3 is 0 Å². The monoisotopic (exact) mass is 430 g/mol. The number of carbonyl (C=O) groups is 2. The molecule has 0 bridgehead atoms. The lowest BCUT2D eigenvalue weighted by Crippen LogP contribution is -2.25. The second-order valence-electron chi connectivity index (χ2n) is 7.39. The fourth-order valence-electron chi connectivity index (χ4n) is 3.71. The number of hydrogen-bond donors (Lipinski definition) is 2. The molecule has 0 aromatic heterocycles. The fraction of sp³-hybridized carbons (Fsp3) is 0.391. The van der Waals surface area contributed by atoms with Gasteiger partial charge in [-0.25, -0.2) is 4.39 Å². The molecule has 0 radical (unpaired) electrons. The van der Waals surface area contributed by atoms with Crippen LogP contribution in [0.15, 0.2) is 30.3 Å². The van der Waals surface area contributed by atoms with Crippen LogP contribution in [-0.2, 0) is 4.79 Å². The van der Waals surface area contributed by atoms with Gasteiger partial charge in [0.2, 0.25) is 11.7 Å². The maximum Gasteiger partial charge on any atom is 0.255 e. The largest absolute Gasteiger partial charge is 0.493 e. The Morgan fingerprint density at radius 1 is 0.903 bits per heavy atom. The molecule has 2 aromatic carbocycles. The predicted octanol–water partition coefficient (Wildman–Crippen LogP) is 4.62. The lowest BCUT2D eigenvalue weighted by atomic mass is 9.88. The molecule has 0 saturated heterocycles. The minimum Gasteiger partial charge on any atom is -0.493 e. The number of rotatable bonds is 7. The van der Waals surface area contributed by atoms with Crippen molar-refractivity contribution in [3.8, 4) is 17.2 Å². The predicted molar refractivity (Wildman–Crippen MR) is 116 cm³/mol. The summed E-state index contributed by atoms with van der Waals surface area (Å²) >= 11 is 0. The molecule has 0 unspecified atom stereocenters. The smallest absolute Gasteiger partial charge is 0.255 e. The molecule has 0 heterocycles. The van der Waals surface area contributed by atoms with E-state index in [0.717, 1.165) is 32.1 Å². The zero-order valence-corrected chi connectivity index (χ0v) is 17.9. The van der Waals surface area contributed by atoms with E-state index in [2.05, 4.69) is 10.6 Å². The van der Waals surface area contributed by atoms with Crippen molar-refractivity contribution in [2.45, 2.75) is 32.1 Å². The quantitative estimate of drug-likeness (QED) is 0.669. The molecule has 1 fully saturated rings. The van der Waals surface area contributed by atoms with Crippen molar-refractivity contribution in [2.75, 3.05) is 32.0 Å². The number of ether oxygens (including phenoxy) is 3. The Kier molecular flexibility index (Phi) is 7.33. The van der Waals surface area contributed by atoms with Crippen LogP contribution in [0.3, 0.4) is 0 Å². The van der Waals surface area contributed by atoms with E-state index in [4.69, 9.17) is 14.2 Å². The lowest BCUT2D eigenvalue weighted by Gasteiger charge is -2.21. The highest BCUT2D eigenvalue weighted by molar-refractivity contribution is 6.05. The fourth-order valence-corrected chi connectivity index (χ4v) is 3.71. The Morgan fingerprint density at radius 2 is 1.55 bits per heavy atom. The van der Waals surface area contributed by atoms with Crippen LogP contribution >= 0.6 is 0 Å². The Labute approximate surface area is 180 Å². The van der Waals surface area contributed by atoms with Gasteiger partial charge in [0.15, 0.2) is 11.5 Å². The summed E-state index contributed by atoms with van der Waals surface area (Å²) in [6.07, 6.45) is 4.76. The minimum absolute atomic E-state index is 0.0401. The van der Waals surface area contributed by atoms with Gasteiger partial charge in [0.25, 0.3) is 5.91 Å². The number of hydrogen-bond acceptors (Lipinski definition) is 5. The first kappa shape index (κ1) is 22.4. The number of amides is 2. The number of nitrogens with one attached hydrogen (secondary N) is 2. The van der Waals surface area contributed by atoms with Crippen molar-refractivity contribution in [3.05, 3.63) is 41.7 Å². The van der Waals surface area contributed by atoms with Gasteiger partial charge < -0.3 is 24.8 Å². The van der Waals surface area contributed by atoms with Crippen LogP contribution < -0.4 is 24.8 Å². The maximum atomic E-state index is 14.3. The van der Waals surface area contributed by atoms with E-state index in [0.29, 0.717) is 22.9 Å². The Balaban J connectivity index is 1.77. The summed E-state index contributed by atoms with van der Waals surface area (Å²) in [7, 11) is 4.39. The number of benzene rings is 2. The third-order valence-electron chi connectivity index (χ3n) is 5.38. The van der Waals surface area contributed by atoms with Crippen LogP contribution in [-0.4, -0.2) is 33.1 Å². The van der Waals surface area contributed by atoms with Crippen LogP contribution in [0.4, 0.5) is 15.8 Å². The highest BCUT2D eigenvalue weighted by Gasteiger charge is 2.22. The molecule has 0 atom stereocenters. The van der Waals surface area contributed by atoms with Crippen LogP contribution in [0.2, 0.25) is 0 Å². The SMILES string of the molecule is COc1cc(C(=O)Nc2ccc(F)c(NC(=O)C3CCCCC3)c2)cc(OC)c1OC. The van der Waals surface area contributed by atoms with Crippen LogP contribution in [0.5, 0.6) is 17.2 Å². The van der Waals surface area contributed by atoms with Gasteiger partial charge in [0.1, 0.15) is 5.82 Å². The van der Waals surface area contributed by atoms with E-state index < -0.39 is 11.7 Å². The molecule has 7 nitrogen and oxygen atoms in total. The van der Waals surface area contributed by atoms with Crippen molar-refractivity contribution >= 4 is 23.2 Å². The highest BCUT2D eigenvalue weighted by atomic mass is 19.1. The normalized spacial score (nSPS) is 13.9. The molecule has 1 aliphatic rings. The van der Waals surface area contributed by atoms with Crippen molar-refractivity contribution in [1.82, 2.24) is 0 Å². The summed E-state index contributed by atoms with van der Waals surface area (Å²) in [5.74, 6) is -0.253. The van der Waals surface area contributed by atoms with E-state index in [1.807, 2.05) is 0 Å². The second kappa shape index (κ2) is 10.1. The van der Waals surface area contributed by atoms with E-state index in [1.54, 1.807) is 0 Å². The Hall–Kier alpha value is -3.29. The third kappa shape index (κ3) is 5.25. The van der Waals surface area contributed by atoms with Gasteiger partial charge in [-0.3, -0.25) is 9.59 Å². The van der Waals surface area contributed by atoms with Crippen molar-refractivity contribution in [2.24, 2.45) is 5.92 Å². The molecule has 3 rings (SSSR count). The molecule has 31 heavy (non-hydrogen) atoms. The van der Waals surface area contributed by atoms with Crippen molar-refractivity contribution in [3.63, 3.8) is 0 Å². The standard InChI is InChI=1S/C23H27FN2O5/c1-29-19-11-15(12-20(30-2)21(19)31-3)23(28)25-16-9-10-17(24)18(13-16)26-22(27)14-7-5-4-6-8-14/h9-14H,4-8H2,1-3H3,(H,25,28)(H,26,27). The molecule has 8 heteroatoms. The first-order chi connectivity index (χ1) is 15.0. The van der Waals surface area contributed by atoms with Gasteiger partial charge in [-0.15, -0.1) is 0 Å². The molecule has 0 aliphatic heterocycles. The second-order valence-corrected chi connectivity index (χ2v) is 7.39. The number of methoxy groups -OCH3 is 3. The first-order valence-corrected chi connectivity index (χ1v) is 10.2. The molecule has 1 aliphatic carbocycles. The summed E-state index contributed by atoms with van der Waals surface area (Å²) in [5, 5.41) is 5.37. The van der Waals surface area contributed by atoms with Crippen LogP contribution in [0.1, 0.15) is 42.5 Å². The third-order valence-corrected chi connectivity index (χ3v) is 5.38. The summed E-state index contributed by atoms with van der Waals surface area (Å²) < 4.78 is 30.1. The zero-order valence-electron chi connectivity index (χ0n) is 17.9. The highest BCUT2D eigenvalue weighted by Crippen LogP contribution is 2.38. The maximum absolute atomic E-state index is 14.3. The molecule has 1 saturated carbocycles. The summed E-state index contributed by atoms with van der Waals surface area (Å²) in [4.78, 5) is 25.2. The van der Waals surface area contributed by atoms with Gasteiger partial charge in [-0.2, -0.15) is 0 Å². The molecular formula is C23H27FN2O5. The topological polar surface area (TPSA) is 85.9 Å². The lowest BCUT2D eigenvalue weighted by molar-refractivity contribution is -0.120. The Bertz CT molecular complexity index is 932. The zero-order chi connectivity index (χ0) is 22.4. The van der Waals surface area contributed by atoms with E-state index in [-0.39, 0.29) is 23.1 Å². The van der Waals surface area contributed by atoms with Crippen molar-refractivity contribution < 1.29 is 28.2 Å². The van der Waals surface area contributed by atoms with Gasteiger partial charge in [0, 0.05) is 17.2 Å². The Morgan fingerprint density at radius 3 is 2.13 bits per heavy atom. The van der Waals surface area contributed by atoms with Gasteiger partial charge in [0.05, 0.1) is 27.0 Å². The van der Waals surface area contributed by atoms with Gasteiger partial charge in [-0.05, 0) is 43.2 Å². The first-order valence-electron chi connectivity index (χ1n) is 10.2. The molecule has 2 amide bonds. The average Bonchev–Trinajstić information content (AvgIpc) is 2.80. The molecule has 2 N–H and O–H groups in total. The average molecular weight is 430 g/mol. The molecule has 166 valence electrons. The number of carbonyl (C=O) groups excluding carboxylic acids is 2. The molecule has 0 spiro atoms. The molecule has 2 aromatic rings. The van der Waals surface area contributed by atoms with E-state index >= 15 is 0 Å². The van der Waals surface area contributed by atoms with Crippen molar-refractivity contribution in [1.29, 1.82) is 0 Å². The molecular weight excluding hydrogens is 403 g/mol. The van der Waals surface area contributed by atoms with E-state index in [1.165, 1.54) is 51.7 Å². The number of anilines is 2. The minimum atomic E-state index is -0.560.